The molecule has 5 nitrogen and oxygen atoms in total. The predicted molar refractivity (Wildman–Crippen MR) is 97.9 cm³/mol. The largest absolute Gasteiger partial charge is 0.493 e. The molecule has 0 aliphatic rings. The fourth-order valence-electron chi connectivity index (χ4n) is 2.27. The van der Waals surface area contributed by atoms with E-state index in [1.54, 1.807) is 55.4 Å². The number of rotatable bonds is 7. The first kappa shape index (κ1) is 18.8. The molecular weight excluding hydrogens is 340 g/mol. The Bertz CT molecular complexity index is 732. The van der Waals surface area contributed by atoms with Crippen molar-refractivity contribution in [2.24, 2.45) is 0 Å². The molecule has 2 amide bonds. The maximum atomic E-state index is 12.2. The van der Waals surface area contributed by atoms with Crippen molar-refractivity contribution in [1.29, 1.82) is 0 Å². The van der Waals surface area contributed by atoms with Crippen LogP contribution in [0.5, 0.6) is 5.75 Å². The van der Waals surface area contributed by atoms with Crippen LogP contribution in [-0.2, 0) is 11.3 Å². The van der Waals surface area contributed by atoms with Gasteiger partial charge in [-0.25, -0.2) is 0 Å². The second kappa shape index (κ2) is 9.08. The quantitative estimate of drug-likeness (QED) is 0.825. The van der Waals surface area contributed by atoms with E-state index >= 15 is 0 Å². The van der Waals surface area contributed by atoms with Gasteiger partial charge in [-0.1, -0.05) is 29.8 Å². The lowest BCUT2D eigenvalue weighted by molar-refractivity contribution is -0.130. The van der Waals surface area contributed by atoms with Gasteiger partial charge in [-0.15, -0.1) is 0 Å². The lowest BCUT2D eigenvalue weighted by atomic mass is 10.1. The van der Waals surface area contributed by atoms with Gasteiger partial charge in [0.15, 0.2) is 0 Å². The van der Waals surface area contributed by atoms with Gasteiger partial charge in [-0.2, -0.15) is 0 Å². The zero-order valence-corrected chi connectivity index (χ0v) is 15.0. The van der Waals surface area contributed by atoms with Crippen LogP contribution in [0.1, 0.15) is 22.3 Å². The number of carbonyl (C=O) groups is 2. The highest BCUT2D eigenvalue weighted by Gasteiger charge is 2.10. The third kappa shape index (κ3) is 5.80. The average Bonchev–Trinajstić information content (AvgIpc) is 2.61. The smallest absolute Gasteiger partial charge is 0.251 e. The van der Waals surface area contributed by atoms with E-state index in [2.05, 4.69) is 5.32 Å². The number of nitrogens with one attached hydrogen (secondary N) is 1. The van der Waals surface area contributed by atoms with Gasteiger partial charge < -0.3 is 15.0 Å². The van der Waals surface area contributed by atoms with Crippen LogP contribution in [0.15, 0.2) is 48.5 Å². The van der Waals surface area contributed by atoms with Crippen molar-refractivity contribution in [3.05, 3.63) is 64.7 Å². The highest BCUT2D eigenvalue weighted by atomic mass is 35.5. The summed E-state index contributed by atoms with van der Waals surface area (Å²) in [4.78, 5) is 25.3. The first-order chi connectivity index (χ1) is 12.0. The van der Waals surface area contributed by atoms with Gasteiger partial charge >= 0.3 is 0 Å². The molecule has 6 heteroatoms. The molecule has 2 aromatic carbocycles. The zero-order chi connectivity index (χ0) is 18.2. The topological polar surface area (TPSA) is 58.6 Å². The summed E-state index contributed by atoms with van der Waals surface area (Å²) in [5, 5.41) is 3.17. The average molecular weight is 361 g/mol. The molecule has 0 saturated heterocycles. The summed E-state index contributed by atoms with van der Waals surface area (Å²) >= 11 is 5.89. The van der Waals surface area contributed by atoms with E-state index in [0.717, 1.165) is 5.56 Å². The fourth-order valence-corrected chi connectivity index (χ4v) is 2.45. The number of hydrogen-bond donors (Lipinski definition) is 1. The Balaban J connectivity index is 1.80. The Labute approximate surface area is 152 Å². The fraction of sp³-hybridized carbons (Fsp3) is 0.263. The first-order valence-corrected chi connectivity index (χ1v) is 8.30. The van der Waals surface area contributed by atoms with E-state index in [-0.39, 0.29) is 18.2 Å². The molecule has 0 aliphatic heterocycles. The SMILES string of the molecule is CNC(=O)c1ccc(CN(C)C(=O)CCOc2cccc(Cl)c2)cc1. The highest BCUT2D eigenvalue weighted by Crippen LogP contribution is 2.17. The second-order valence-corrected chi connectivity index (χ2v) is 6.02. The molecule has 1 N–H and O–H groups in total. The minimum Gasteiger partial charge on any atom is -0.493 e. The molecular formula is C19H21ClN2O3. The number of nitrogens with zero attached hydrogens (tertiary/aromatic N) is 1. The lowest BCUT2D eigenvalue weighted by Crippen LogP contribution is -2.27. The Morgan fingerprint density at radius 3 is 2.52 bits per heavy atom. The van der Waals surface area contributed by atoms with Crippen LogP contribution in [-0.4, -0.2) is 37.4 Å². The Morgan fingerprint density at radius 2 is 1.88 bits per heavy atom. The minimum absolute atomic E-state index is 0.0163. The molecule has 0 spiro atoms. The highest BCUT2D eigenvalue weighted by molar-refractivity contribution is 6.30. The van der Waals surface area contributed by atoms with E-state index in [4.69, 9.17) is 16.3 Å². The molecule has 0 aliphatic carbocycles. The molecule has 2 rings (SSSR count). The van der Waals surface area contributed by atoms with Crippen molar-refractivity contribution in [3.63, 3.8) is 0 Å². The van der Waals surface area contributed by atoms with Gasteiger partial charge in [0.1, 0.15) is 5.75 Å². The summed E-state index contributed by atoms with van der Waals surface area (Å²) in [5.41, 5.74) is 1.55. The van der Waals surface area contributed by atoms with E-state index in [1.807, 2.05) is 12.1 Å². The molecule has 2 aromatic rings. The van der Waals surface area contributed by atoms with Crippen LogP contribution in [0.25, 0.3) is 0 Å². The van der Waals surface area contributed by atoms with Crippen LogP contribution in [0, 0.1) is 0 Å². The summed E-state index contributed by atoms with van der Waals surface area (Å²) in [5.74, 6) is 0.499. The molecule has 0 atom stereocenters. The predicted octanol–water partition coefficient (Wildman–Crippen LogP) is 3.13. The number of ether oxygens (including phenoxy) is 1. The van der Waals surface area contributed by atoms with Crippen molar-refractivity contribution < 1.29 is 14.3 Å². The lowest BCUT2D eigenvalue weighted by Gasteiger charge is -2.17. The normalized spacial score (nSPS) is 10.2. The van der Waals surface area contributed by atoms with Crippen LogP contribution < -0.4 is 10.1 Å². The van der Waals surface area contributed by atoms with Crippen molar-refractivity contribution in [2.45, 2.75) is 13.0 Å². The zero-order valence-electron chi connectivity index (χ0n) is 14.3. The molecule has 0 radical (unpaired) electrons. The Hall–Kier alpha value is -2.53. The molecule has 0 bridgehead atoms. The monoisotopic (exact) mass is 360 g/mol. The summed E-state index contributed by atoms with van der Waals surface area (Å²) in [6.45, 7) is 0.767. The van der Waals surface area contributed by atoms with Crippen LogP contribution >= 0.6 is 11.6 Å². The van der Waals surface area contributed by atoms with Gasteiger partial charge in [0.2, 0.25) is 5.91 Å². The molecule has 0 fully saturated rings. The van der Waals surface area contributed by atoms with Crippen molar-refractivity contribution in [1.82, 2.24) is 10.2 Å². The van der Waals surface area contributed by atoms with E-state index in [9.17, 15) is 9.59 Å². The number of carbonyl (C=O) groups excluding carboxylic acids is 2. The van der Waals surface area contributed by atoms with Crippen molar-refractivity contribution in [2.75, 3.05) is 20.7 Å². The van der Waals surface area contributed by atoms with Gasteiger partial charge in [-0.05, 0) is 35.9 Å². The van der Waals surface area contributed by atoms with E-state index in [0.29, 0.717) is 29.5 Å². The van der Waals surface area contributed by atoms with Gasteiger partial charge in [0, 0.05) is 31.2 Å². The summed E-state index contributed by atoms with van der Waals surface area (Å²) in [7, 11) is 3.34. The standard InChI is InChI=1S/C19H21ClN2O3/c1-21-19(24)15-8-6-14(7-9-15)13-22(2)18(23)10-11-25-17-5-3-4-16(20)12-17/h3-9,12H,10-11,13H2,1-2H3,(H,21,24). The van der Waals surface area contributed by atoms with Gasteiger partial charge in [0.25, 0.3) is 5.91 Å². The molecule has 0 aromatic heterocycles. The summed E-state index contributed by atoms with van der Waals surface area (Å²) in [6.07, 6.45) is 0.277. The summed E-state index contributed by atoms with van der Waals surface area (Å²) < 4.78 is 5.54. The second-order valence-electron chi connectivity index (χ2n) is 5.58. The molecule has 0 unspecified atom stereocenters. The minimum atomic E-state index is -0.130. The van der Waals surface area contributed by atoms with Crippen molar-refractivity contribution in [3.8, 4) is 5.75 Å². The van der Waals surface area contributed by atoms with E-state index in [1.165, 1.54) is 0 Å². The van der Waals surface area contributed by atoms with Gasteiger partial charge in [-0.3, -0.25) is 9.59 Å². The van der Waals surface area contributed by atoms with Crippen molar-refractivity contribution >= 4 is 23.4 Å². The summed E-state index contributed by atoms with van der Waals surface area (Å²) in [6, 6.07) is 14.3. The third-order valence-electron chi connectivity index (χ3n) is 3.67. The molecule has 0 saturated carbocycles. The maximum Gasteiger partial charge on any atom is 0.251 e. The van der Waals surface area contributed by atoms with E-state index < -0.39 is 0 Å². The third-order valence-corrected chi connectivity index (χ3v) is 3.90. The first-order valence-electron chi connectivity index (χ1n) is 7.93. The van der Waals surface area contributed by atoms with Crippen LogP contribution in [0.2, 0.25) is 5.02 Å². The number of halogens is 1. The van der Waals surface area contributed by atoms with Crippen LogP contribution in [0.4, 0.5) is 0 Å². The molecule has 132 valence electrons. The number of amides is 2. The number of hydrogen-bond acceptors (Lipinski definition) is 3. The van der Waals surface area contributed by atoms with Crippen LogP contribution in [0.3, 0.4) is 0 Å². The maximum absolute atomic E-state index is 12.2. The molecule has 0 heterocycles. The number of benzene rings is 2. The Morgan fingerprint density at radius 1 is 1.16 bits per heavy atom. The molecule has 25 heavy (non-hydrogen) atoms. The Kier molecular flexibility index (Phi) is 6.83. The van der Waals surface area contributed by atoms with Gasteiger partial charge in [0.05, 0.1) is 13.0 Å².